The SMILES string of the molecule is COC1CCCC1NCC(O)c1ccc2ccccc2c1. The van der Waals surface area contributed by atoms with Gasteiger partial charge in [-0.05, 0) is 41.7 Å². The van der Waals surface area contributed by atoms with Crippen molar-refractivity contribution in [2.24, 2.45) is 0 Å². The summed E-state index contributed by atoms with van der Waals surface area (Å²) in [6.07, 6.45) is 3.24. The second-order valence-corrected chi connectivity index (χ2v) is 5.84. The Morgan fingerprint density at radius 2 is 2.00 bits per heavy atom. The van der Waals surface area contributed by atoms with E-state index >= 15 is 0 Å². The van der Waals surface area contributed by atoms with E-state index in [9.17, 15) is 5.11 Å². The number of nitrogens with one attached hydrogen (secondary N) is 1. The van der Waals surface area contributed by atoms with E-state index in [1.807, 2.05) is 18.2 Å². The lowest BCUT2D eigenvalue weighted by atomic mass is 10.0. The van der Waals surface area contributed by atoms with E-state index in [-0.39, 0.29) is 6.10 Å². The Labute approximate surface area is 125 Å². The summed E-state index contributed by atoms with van der Waals surface area (Å²) in [7, 11) is 1.77. The van der Waals surface area contributed by atoms with Crippen molar-refractivity contribution in [2.75, 3.05) is 13.7 Å². The van der Waals surface area contributed by atoms with E-state index in [1.54, 1.807) is 7.11 Å². The fraction of sp³-hybridized carbons (Fsp3) is 0.444. The van der Waals surface area contributed by atoms with Crippen molar-refractivity contribution in [3.8, 4) is 0 Å². The summed E-state index contributed by atoms with van der Waals surface area (Å²) < 4.78 is 5.48. The number of rotatable bonds is 5. The predicted molar refractivity (Wildman–Crippen MR) is 85.3 cm³/mol. The summed E-state index contributed by atoms with van der Waals surface area (Å²) in [5.74, 6) is 0. The van der Waals surface area contributed by atoms with E-state index in [1.165, 1.54) is 17.2 Å². The van der Waals surface area contributed by atoms with Crippen LogP contribution in [0, 0.1) is 0 Å². The van der Waals surface area contributed by atoms with Crippen LogP contribution < -0.4 is 5.32 Å². The molecule has 0 bridgehead atoms. The van der Waals surface area contributed by atoms with Gasteiger partial charge in [0, 0.05) is 19.7 Å². The third-order valence-electron chi connectivity index (χ3n) is 4.49. The Morgan fingerprint density at radius 3 is 2.81 bits per heavy atom. The Morgan fingerprint density at radius 1 is 1.19 bits per heavy atom. The van der Waals surface area contributed by atoms with Crippen molar-refractivity contribution in [3.63, 3.8) is 0 Å². The van der Waals surface area contributed by atoms with Gasteiger partial charge in [-0.3, -0.25) is 0 Å². The van der Waals surface area contributed by atoms with Crippen molar-refractivity contribution >= 4 is 10.8 Å². The third-order valence-corrected chi connectivity index (χ3v) is 4.49. The number of aliphatic hydroxyl groups excluding tert-OH is 1. The molecule has 2 aromatic rings. The second kappa shape index (κ2) is 6.56. The smallest absolute Gasteiger partial charge is 0.0914 e. The predicted octanol–water partition coefficient (Wildman–Crippen LogP) is 3.03. The highest BCUT2D eigenvalue weighted by Gasteiger charge is 2.27. The van der Waals surface area contributed by atoms with Crippen molar-refractivity contribution in [1.29, 1.82) is 0 Å². The van der Waals surface area contributed by atoms with Gasteiger partial charge in [0.1, 0.15) is 0 Å². The topological polar surface area (TPSA) is 41.5 Å². The van der Waals surface area contributed by atoms with Crippen LogP contribution in [0.25, 0.3) is 10.8 Å². The van der Waals surface area contributed by atoms with E-state index in [0.29, 0.717) is 12.6 Å². The van der Waals surface area contributed by atoms with Crippen molar-refractivity contribution in [1.82, 2.24) is 5.32 Å². The molecule has 0 aromatic heterocycles. The summed E-state index contributed by atoms with van der Waals surface area (Å²) in [5, 5.41) is 16.2. The number of hydrogen-bond donors (Lipinski definition) is 2. The number of hydrogen-bond acceptors (Lipinski definition) is 3. The van der Waals surface area contributed by atoms with Crippen LogP contribution in [0.3, 0.4) is 0 Å². The second-order valence-electron chi connectivity index (χ2n) is 5.84. The minimum Gasteiger partial charge on any atom is -0.387 e. The standard InChI is InChI=1S/C18H23NO2/c1-21-18-8-4-7-16(18)19-12-17(20)15-10-9-13-5-2-3-6-14(13)11-15/h2-3,5-6,9-11,16-20H,4,7-8,12H2,1H3. The maximum absolute atomic E-state index is 10.4. The van der Waals surface area contributed by atoms with E-state index in [4.69, 9.17) is 4.74 Å². The van der Waals surface area contributed by atoms with Gasteiger partial charge in [0.15, 0.2) is 0 Å². The van der Waals surface area contributed by atoms with Crippen molar-refractivity contribution in [2.45, 2.75) is 37.5 Å². The van der Waals surface area contributed by atoms with E-state index in [2.05, 4.69) is 29.6 Å². The maximum Gasteiger partial charge on any atom is 0.0914 e. The largest absolute Gasteiger partial charge is 0.387 e. The first kappa shape index (κ1) is 14.5. The van der Waals surface area contributed by atoms with Crippen LogP contribution in [0.5, 0.6) is 0 Å². The normalized spacial score (nSPS) is 23.5. The van der Waals surface area contributed by atoms with Gasteiger partial charge in [0.25, 0.3) is 0 Å². The first-order valence-electron chi connectivity index (χ1n) is 7.71. The van der Waals surface area contributed by atoms with E-state index in [0.717, 1.165) is 18.4 Å². The molecule has 3 unspecified atom stereocenters. The average molecular weight is 285 g/mol. The molecule has 1 aliphatic carbocycles. The van der Waals surface area contributed by atoms with Crippen LogP contribution >= 0.6 is 0 Å². The molecule has 1 saturated carbocycles. The molecule has 3 nitrogen and oxygen atoms in total. The number of fused-ring (bicyclic) bond motifs is 1. The van der Waals surface area contributed by atoms with Gasteiger partial charge in [-0.25, -0.2) is 0 Å². The Kier molecular flexibility index (Phi) is 4.54. The van der Waals surface area contributed by atoms with Crippen LogP contribution in [-0.2, 0) is 4.74 Å². The first-order valence-corrected chi connectivity index (χ1v) is 7.71. The summed E-state index contributed by atoms with van der Waals surface area (Å²) in [6, 6.07) is 14.7. The van der Waals surface area contributed by atoms with Crippen LogP contribution in [0.4, 0.5) is 0 Å². The molecule has 1 fully saturated rings. The molecule has 3 atom stereocenters. The number of ether oxygens (including phenoxy) is 1. The number of methoxy groups -OCH3 is 1. The fourth-order valence-electron chi connectivity index (χ4n) is 3.24. The molecule has 0 aliphatic heterocycles. The zero-order chi connectivity index (χ0) is 14.7. The number of aliphatic hydroxyl groups is 1. The molecule has 0 spiro atoms. The molecule has 1 aliphatic rings. The Bertz CT molecular complexity index is 599. The molecule has 21 heavy (non-hydrogen) atoms. The lowest BCUT2D eigenvalue weighted by Crippen LogP contribution is -2.39. The van der Waals surface area contributed by atoms with Gasteiger partial charge in [-0.2, -0.15) is 0 Å². The molecule has 0 amide bonds. The Balaban J connectivity index is 1.65. The van der Waals surface area contributed by atoms with Crippen LogP contribution in [0.15, 0.2) is 42.5 Å². The highest BCUT2D eigenvalue weighted by atomic mass is 16.5. The monoisotopic (exact) mass is 285 g/mol. The van der Waals surface area contributed by atoms with Gasteiger partial charge in [-0.15, -0.1) is 0 Å². The van der Waals surface area contributed by atoms with Gasteiger partial charge >= 0.3 is 0 Å². The van der Waals surface area contributed by atoms with Gasteiger partial charge in [-0.1, -0.05) is 36.4 Å². The Hall–Kier alpha value is -1.42. The summed E-state index contributed by atoms with van der Waals surface area (Å²) in [5.41, 5.74) is 0.966. The maximum atomic E-state index is 10.4. The molecule has 112 valence electrons. The minimum absolute atomic E-state index is 0.286. The first-order chi connectivity index (χ1) is 10.3. The average Bonchev–Trinajstić information content (AvgIpc) is 2.99. The van der Waals surface area contributed by atoms with Gasteiger partial charge in [0.05, 0.1) is 12.2 Å². The van der Waals surface area contributed by atoms with Gasteiger partial charge in [0.2, 0.25) is 0 Å². The molecule has 2 N–H and O–H groups in total. The highest BCUT2D eigenvalue weighted by molar-refractivity contribution is 5.83. The van der Waals surface area contributed by atoms with E-state index < -0.39 is 6.10 Å². The van der Waals surface area contributed by atoms with Crippen molar-refractivity contribution in [3.05, 3.63) is 48.0 Å². The lowest BCUT2D eigenvalue weighted by molar-refractivity contribution is 0.0780. The number of benzene rings is 2. The summed E-state index contributed by atoms with van der Waals surface area (Å²) >= 11 is 0. The summed E-state index contributed by atoms with van der Waals surface area (Å²) in [6.45, 7) is 0.572. The fourth-order valence-corrected chi connectivity index (χ4v) is 3.24. The van der Waals surface area contributed by atoms with Crippen LogP contribution in [0.2, 0.25) is 0 Å². The lowest BCUT2D eigenvalue weighted by Gasteiger charge is -2.21. The zero-order valence-corrected chi connectivity index (χ0v) is 12.5. The van der Waals surface area contributed by atoms with Crippen LogP contribution in [-0.4, -0.2) is 30.9 Å². The molecule has 0 heterocycles. The van der Waals surface area contributed by atoms with Crippen LogP contribution in [0.1, 0.15) is 30.9 Å². The van der Waals surface area contributed by atoms with Gasteiger partial charge < -0.3 is 15.2 Å². The molecular weight excluding hydrogens is 262 g/mol. The highest BCUT2D eigenvalue weighted by Crippen LogP contribution is 2.23. The quantitative estimate of drug-likeness (QED) is 0.887. The van der Waals surface area contributed by atoms with Crippen molar-refractivity contribution < 1.29 is 9.84 Å². The molecule has 0 saturated heterocycles. The molecule has 2 aromatic carbocycles. The third kappa shape index (κ3) is 3.26. The minimum atomic E-state index is -0.479. The molecular formula is C18H23NO2. The molecule has 0 radical (unpaired) electrons. The zero-order valence-electron chi connectivity index (χ0n) is 12.5. The molecule has 3 rings (SSSR count). The summed E-state index contributed by atoms with van der Waals surface area (Å²) in [4.78, 5) is 0. The molecule has 3 heteroatoms.